The first kappa shape index (κ1) is 14.1. The lowest BCUT2D eigenvalue weighted by Crippen LogP contribution is -2.49. The van der Waals surface area contributed by atoms with Gasteiger partial charge in [-0.3, -0.25) is 4.79 Å². The fourth-order valence-electron chi connectivity index (χ4n) is 2.54. The Morgan fingerprint density at radius 1 is 1.61 bits per heavy atom. The monoisotopic (exact) mass is 274 g/mol. The number of aliphatic hydroxyl groups is 1. The van der Waals surface area contributed by atoms with E-state index in [0.717, 1.165) is 17.9 Å². The van der Waals surface area contributed by atoms with Gasteiger partial charge in [0.1, 0.15) is 0 Å². The van der Waals surface area contributed by atoms with Crippen LogP contribution in [0, 0.1) is 0 Å². The van der Waals surface area contributed by atoms with E-state index >= 15 is 0 Å². The van der Waals surface area contributed by atoms with E-state index in [9.17, 15) is 9.90 Å². The van der Waals surface area contributed by atoms with E-state index in [4.69, 9.17) is 4.74 Å². The Morgan fingerprint density at radius 3 is 3.00 bits per heavy atom. The minimum Gasteiger partial charge on any atom is -0.392 e. The maximum atomic E-state index is 12.5. The molecule has 2 aliphatic heterocycles. The summed E-state index contributed by atoms with van der Waals surface area (Å²) in [6.07, 6.45) is 1.21. The molecule has 2 aliphatic rings. The van der Waals surface area contributed by atoms with E-state index in [1.54, 1.807) is 7.11 Å². The first-order valence-corrected chi connectivity index (χ1v) is 7.66. The minimum absolute atomic E-state index is 0.121. The lowest BCUT2D eigenvalue weighted by Gasteiger charge is -2.30. The molecule has 0 radical (unpaired) electrons. The van der Waals surface area contributed by atoms with E-state index < -0.39 is 0 Å². The second-order valence-electron chi connectivity index (χ2n) is 4.89. The number of carbonyl (C=O) groups is 1. The van der Waals surface area contributed by atoms with Crippen LogP contribution in [0.4, 0.5) is 0 Å². The number of ether oxygens (including phenoxy) is 1. The van der Waals surface area contributed by atoms with Crippen molar-refractivity contribution in [2.45, 2.75) is 31.0 Å². The molecule has 0 aromatic heterocycles. The van der Waals surface area contributed by atoms with Gasteiger partial charge in [-0.05, 0) is 18.6 Å². The Hall–Kier alpha value is -0.300. The molecule has 2 heterocycles. The van der Waals surface area contributed by atoms with Gasteiger partial charge in [-0.15, -0.1) is 0 Å². The van der Waals surface area contributed by atoms with E-state index in [2.05, 4.69) is 5.32 Å². The number of hydrogen-bond acceptors (Lipinski definition) is 5. The molecule has 5 nitrogen and oxygen atoms in total. The standard InChI is InChI=1S/C12H22N2O3S/c1-17-4-3-14(9-2-5-18-8-9)12(16)11-6-10(15)7-13-11/h9-11,13,15H,2-8H2,1H3. The van der Waals surface area contributed by atoms with Crippen LogP contribution < -0.4 is 5.32 Å². The summed E-state index contributed by atoms with van der Waals surface area (Å²) in [5.41, 5.74) is 0. The highest BCUT2D eigenvalue weighted by Gasteiger charge is 2.35. The van der Waals surface area contributed by atoms with E-state index in [1.165, 1.54) is 0 Å². The zero-order valence-corrected chi connectivity index (χ0v) is 11.6. The molecule has 18 heavy (non-hydrogen) atoms. The van der Waals surface area contributed by atoms with Gasteiger partial charge >= 0.3 is 0 Å². The summed E-state index contributed by atoms with van der Waals surface area (Å²) in [5.74, 6) is 2.27. The Bertz CT molecular complexity index is 284. The van der Waals surface area contributed by atoms with Crippen LogP contribution >= 0.6 is 11.8 Å². The number of nitrogens with one attached hydrogen (secondary N) is 1. The van der Waals surface area contributed by atoms with Gasteiger partial charge in [-0.2, -0.15) is 11.8 Å². The Labute approximate surface area is 112 Å². The lowest BCUT2D eigenvalue weighted by molar-refractivity contribution is -0.135. The summed E-state index contributed by atoms with van der Waals surface area (Å²) in [7, 11) is 1.66. The molecule has 0 saturated carbocycles. The van der Waals surface area contributed by atoms with Gasteiger partial charge in [0.25, 0.3) is 0 Å². The third-order valence-electron chi connectivity index (χ3n) is 3.57. The zero-order valence-electron chi connectivity index (χ0n) is 10.8. The zero-order chi connectivity index (χ0) is 13.0. The summed E-state index contributed by atoms with van der Waals surface area (Å²) >= 11 is 1.90. The van der Waals surface area contributed by atoms with Gasteiger partial charge in [-0.1, -0.05) is 0 Å². The number of methoxy groups -OCH3 is 1. The smallest absolute Gasteiger partial charge is 0.240 e. The molecule has 2 N–H and O–H groups in total. The number of hydrogen-bond donors (Lipinski definition) is 2. The summed E-state index contributed by atoms with van der Waals surface area (Å²) in [6.45, 7) is 1.74. The maximum absolute atomic E-state index is 12.5. The fraction of sp³-hybridized carbons (Fsp3) is 0.917. The van der Waals surface area contributed by atoms with Crippen molar-refractivity contribution in [3.8, 4) is 0 Å². The van der Waals surface area contributed by atoms with Crippen LogP contribution in [0.5, 0.6) is 0 Å². The molecular weight excluding hydrogens is 252 g/mol. The highest BCUT2D eigenvalue weighted by atomic mass is 32.2. The average Bonchev–Trinajstić information content (AvgIpc) is 3.00. The lowest BCUT2D eigenvalue weighted by atomic mass is 10.1. The predicted molar refractivity (Wildman–Crippen MR) is 71.7 cm³/mol. The van der Waals surface area contributed by atoms with E-state index in [1.807, 2.05) is 16.7 Å². The first-order chi connectivity index (χ1) is 8.72. The molecule has 2 fully saturated rings. The molecule has 0 spiro atoms. The van der Waals surface area contributed by atoms with Crippen molar-refractivity contribution in [1.82, 2.24) is 10.2 Å². The number of nitrogens with zero attached hydrogens (tertiary/aromatic N) is 1. The van der Waals surface area contributed by atoms with Crippen LogP contribution in [-0.2, 0) is 9.53 Å². The van der Waals surface area contributed by atoms with Gasteiger partial charge < -0.3 is 20.1 Å². The highest BCUT2D eigenvalue weighted by Crippen LogP contribution is 2.23. The third-order valence-corrected chi connectivity index (χ3v) is 4.72. The topological polar surface area (TPSA) is 61.8 Å². The van der Waals surface area contributed by atoms with Crippen LogP contribution in [0.1, 0.15) is 12.8 Å². The van der Waals surface area contributed by atoms with Crippen LogP contribution in [0.3, 0.4) is 0 Å². The van der Waals surface area contributed by atoms with Gasteiger partial charge in [0, 0.05) is 32.0 Å². The number of aliphatic hydroxyl groups excluding tert-OH is 1. The van der Waals surface area contributed by atoms with Crippen molar-refractivity contribution in [2.75, 3.05) is 38.3 Å². The largest absolute Gasteiger partial charge is 0.392 e. The number of β-amino-alcohol motifs (C(OH)–C–C–N with tert-alkyl or cyclic N) is 1. The first-order valence-electron chi connectivity index (χ1n) is 6.51. The normalized spacial score (nSPS) is 31.8. The molecule has 1 amide bonds. The van der Waals surface area contributed by atoms with Gasteiger partial charge in [0.2, 0.25) is 5.91 Å². The minimum atomic E-state index is -0.388. The number of rotatable bonds is 5. The summed E-state index contributed by atoms with van der Waals surface area (Å²) in [6, 6.07) is 0.111. The Kier molecular flexibility index (Phi) is 5.29. The molecule has 3 unspecified atom stereocenters. The molecule has 2 saturated heterocycles. The molecule has 0 aromatic carbocycles. The quantitative estimate of drug-likeness (QED) is 0.720. The summed E-state index contributed by atoms with van der Waals surface area (Å²) in [4.78, 5) is 14.4. The van der Waals surface area contributed by atoms with Crippen molar-refractivity contribution in [2.24, 2.45) is 0 Å². The Morgan fingerprint density at radius 2 is 2.44 bits per heavy atom. The van der Waals surface area contributed by atoms with Crippen molar-refractivity contribution in [1.29, 1.82) is 0 Å². The third kappa shape index (κ3) is 3.38. The molecule has 104 valence electrons. The SMILES string of the molecule is COCCN(C(=O)C1CC(O)CN1)C1CCSC1. The summed E-state index contributed by atoms with van der Waals surface area (Å²) < 4.78 is 5.10. The van der Waals surface area contributed by atoms with Crippen LogP contribution in [0.25, 0.3) is 0 Å². The number of carbonyl (C=O) groups excluding carboxylic acids is 1. The average molecular weight is 274 g/mol. The van der Waals surface area contributed by atoms with Gasteiger partial charge in [0.15, 0.2) is 0 Å². The van der Waals surface area contributed by atoms with Crippen molar-refractivity contribution in [3.05, 3.63) is 0 Å². The van der Waals surface area contributed by atoms with Gasteiger partial charge in [0.05, 0.1) is 18.8 Å². The second kappa shape index (κ2) is 6.75. The Balaban J connectivity index is 1.95. The molecular formula is C12H22N2O3S. The molecule has 6 heteroatoms. The van der Waals surface area contributed by atoms with Gasteiger partial charge in [-0.25, -0.2) is 0 Å². The summed E-state index contributed by atoms with van der Waals surface area (Å²) in [5, 5.41) is 12.6. The van der Waals surface area contributed by atoms with Crippen molar-refractivity contribution >= 4 is 17.7 Å². The predicted octanol–water partition coefficient (Wildman–Crippen LogP) is -0.310. The molecule has 0 aliphatic carbocycles. The fourth-order valence-corrected chi connectivity index (χ4v) is 3.76. The van der Waals surface area contributed by atoms with E-state index in [-0.39, 0.29) is 18.1 Å². The van der Waals surface area contributed by atoms with Crippen LogP contribution in [-0.4, -0.2) is 72.4 Å². The van der Waals surface area contributed by atoms with Crippen LogP contribution in [0.2, 0.25) is 0 Å². The molecule has 0 aromatic rings. The van der Waals surface area contributed by atoms with Crippen LogP contribution in [0.15, 0.2) is 0 Å². The number of thioether (sulfide) groups is 1. The maximum Gasteiger partial charge on any atom is 0.240 e. The van der Waals surface area contributed by atoms with E-state index in [0.29, 0.717) is 32.2 Å². The second-order valence-corrected chi connectivity index (χ2v) is 6.04. The molecule has 3 atom stereocenters. The van der Waals surface area contributed by atoms with Crippen molar-refractivity contribution < 1.29 is 14.6 Å². The highest BCUT2D eigenvalue weighted by molar-refractivity contribution is 7.99. The molecule has 0 bridgehead atoms. The number of amides is 1. The molecule has 2 rings (SSSR count). The van der Waals surface area contributed by atoms with Crippen molar-refractivity contribution in [3.63, 3.8) is 0 Å².